The highest BCUT2D eigenvalue weighted by Gasteiger charge is 2.27. The first-order chi connectivity index (χ1) is 10.5. The third-order valence-corrected chi connectivity index (χ3v) is 4.53. The predicted molar refractivity (Wildman–Crippen MR) is 98.3 cm³/mol. The molecule has 1 heterocycles. The zero-order valence-electron chi connectivity index (χ0n) is 13.3. The summed E-state index contributed by atoms with van der Waals surface area (Å²) in [5, 5.41) is 7.31. The largest absolute Gasteiger partial charge is 0.345 e. The maximum absolute atomic E-state index is 12.4. The Morgan fingerprint density at radius 3 is 2.65 bits per heavy atom. The second kappa shape index (κ2) is 8.47. The van der Waals surface area contributed by atoms with Crippen LogP contribution in [-0.4, -0.2) is 27.8 Å². The van der Waals surface area contributed by atoms with E-state index in [1.54, 1.807) is 17.1 Å². The molecule has 3 N–H and O–H groups in total. The smallest absolute Gasteiger partial charge is 0.254 e. The van der Waals surface area contributed by atoms with Crippen LogP contribution in [0.1, 0.15) is 37.0 Å². The van der Waals surface area contributed by atoms with Crippen molar-refractivity contribution in [1.82, 2.24) is 15.1 Å². The van der Waals surface area contributed by atoms with Crippen molar-refractivity contribution in [2.75, 3.05) is 6.54 Å². The molecule has 1 aromatic carbocycles. The van der Waals surface area contributed by atoms with Crippen molar-refractivity contribution in [3.05, 3.63) is 46.7 Å². The van der Waals surface area contributed by atoms with Crippen molar-refractivity contribution < 1.29 is 4.79 Å². The molecule has 1 aromatic heterocycles. The van der Waals surface area contributed by atoms with Gasteiger partial charge in [0.2, 0.25) is 0 Å². The van der Waals surface area contributed by atoms with E-state index in [2.05, 4.69) is 26.3 Å². The van der Waals surface area contributed by atoms with Gasteiger partial charge in [0.05, 0.1) is 23.0 Å². The molecule has 0 radical (unpaired) electrons. The number of carbonyl (C=O) groups is 1. The maximum Gasteiger partial charge on any atom is 0.254 e. The number of nitrogens with two attached hydrogens (primary N) is 1. The second-order valence-corrected chi connectivity index (χ2v) is 6.21. The zero-order valence-corrected chi connectivity index (χ0v) is 15.7. The van der Waals surface area contributed by atoms with Gasteiger partial charge in [-0.3, -0.25) is 4.79 Å². The van der Waals surface area contributed by atoms with Crippen LogP contribution < -0.4 is 11.1 Å². The number of nitrogens with one attached hydrogen (secondary N) is 1. The summed E-state index contributed by atoms with van der Waals surface area (Å²) in [6.45, 7) is 4.48. The van der Waals surface area contributed by atoms with E-state index in [-0.39, 0.29) is 23.9 Å². The van der Waals surface area contributed by atoms with Crippen molar-refractivity contribution in [3.63, 3.8) is 0 Å². The quantitative estimate of drug-likeness (QED) is 0.780. The normalized spacial score (nSPS) is 11.0. The van der Waals surface area contributed by atoms with Gasteiger partial charge in [0, 0.05) is 17.2 Å². The molecule has 5 nitrogen and oxygen atoms in total. The first kappa shape index (κ1) is 19.7. The first-order valence-electron chi connectivity index (χ1n) is 7.36. The molecule has 1 amide bonds. The SMILES string of the molecule is CCC(CC)(CN)NC(=O)c1cnn(-c2cccc(Br)c2)c1.Cl. The number of halogens is 2. The Bertz CT molecular complexity index is 647. The van der Waals surface area contributed by atoms with Crippen LogP contribution >= 0.6 is 28.3 Å². The molecule has 0 spiro atoms. The molecular weight excluding hydrogens is 380 g/mol. The van der Waals surface area contributed by atoms with Crippen molar-refractivity contribution in [1.29, 1.82) is 0 Å². The van der Waals surface area contributed by atoms with Crippen LogP contribution in [0.4, 0.5) is 0 Å². The average Bonchev–Trinajstić information content (AvgIpc) is 3.03. The van der Waals surface area contributed by atoms with Gasteiger partial charge in [-0.25, -0.2) is 4.68 Å². The van der Waals surface area contributed by atoms with Crippen LogP contribution in [0, 0.1) is 0 Å². The number of nitrogens with zero attached hydrogens (tertiary/aromatic N) is 2. The van der Waals surface area contributed by atoms with Gasteiger partial charge in [-0.05, 0) is 31.0 Å². The van der Waals surface area contributed by atoms with Gasteiger partial charge in [0.15, 0.2) is 0 Å². The van der Waals surface area contributed by atoms with Crippen molar-refractivity contribution in [3.8, 4) is 5.69 Å². The summed E-state index contributed by atoms with van der Waals surface area (Å²) in [6, 6.07) is 7.74. The Labute approximate surface area is 151 Å². The number of amides is 1. The number of carbonyl (C=O) groups excluding carboxylic acids is 1. The molecule has 0 aliphatic heterocycles. The summed E-state index contributed by atoms with van der Waals surface area (Å²) in [5.41, 5.74) is 6.90. The third-order valence-electron chi connectivity index (χ3n) is 4.04. The number of rotatable bonds is 6. The summed E-state index contributed by atoms with van der Waals surface area (Å²) < 4.78 is 2.65. The van der Waals surface area contributed by atoms with Crippen molar-refractivity contribution in [2.45, 2.75) is 32.2 Å². The fourth-order valence-electron chi connectivity index (χ4n) is 2.28. The number of aromatic nitrogens is 2. The van der Waals surface area contributed by atoms with Gasteiger partial charge in [-0.2, -0.15) is 5.10 Å². The lowest BCUT2D eigenvalue weighted by Crippen LogP contribution is -2.52. The molecule has 0 saturated heterocycles. The van der Waals surface area contributed by atoms with E-state index in [0.717, 1.165) is 23.0 Å². The van der Waals surface area contributed by atoms with Gasteiger partial charge in [0.1, 0.15) is 0 Å². The summed E-state index contributed by atoms with van der Waals surface area (Å²) in [5.74, 6) is -0.143. The summed E-state index contributed by atoms with van der Waals surface area (Å²) in [7, 11) is 0. The lowest BCUT2D eigenvalue weighted by molar-refractivity contribution is 0.0895. The van der Waals surface area contributed by atoms with E-state index in [4.69, 9.17) is 5.73 Å². The van der Waals surface area contributed by atoms with Crippen LogP contribution in [0.3, 0.4) is 0 Å². The summed E-state index contributed by atoms with van der Waals surface area (Å²) >= 11 is 3.43. The van der Waals surface area contributed by atoms with Gasteiger partial charge < -0.3 is 11.1 Å². The third kappa shape index (κ3) is 4.56. The fourth-order valence-corrected chi connectivity index (χ4v) is 2.67. The highest BCUT2D eigenvalue weighted by atomic mass is 79.9. The molecule has 0 atom stereocenters. The Hall–Kier alpha value is -1.37. The average molecular weight is 402 g/mol. The monoisotopic (exact) mass is 400 g/mol. The Balaban J connectivity index is 0.00000264. The van der Waals surface area contributed by atoms with Crippen LogP contribution in [0.15, 0.2) is 41.1 Å². The van der Waals surface area contributed by atoms with Crippen molar-refractivity contribution >= 4 is 34.2 Å². The molecule has 23 heavy (non-hydrogen) atoms. The standard InChI is InChI=1S/C16H21BrN4O.ClH/c1-3-16(4-2,11-18)20-15(22)12-9-19-21(10-12)14-7-5-6-13(17)8-14;/h5-10H,3-4,11,18H2,1-2H3,(H,20,22);1H. The van der Waals surface area contributed by atoms with Crippen LogP contribution in [0.5, 0.6) is 0 Å². The van der Waals surface area contributed by atoms with Crippen LogP contribution in [0.25, 0.3) is 5.69 Å². The molecule has 126 valence electrons. The lowest BCUT2D eigenvalue weighted by Gasteiger charge is -2.31. The second-order valence-electron chi connectivity index (χ2n) is 5.30. The summed E-state index contributed by atoms with van der Waals surface area (Å²) in [6.07, 6.45) is 4.89. The molecular formula is C16H22BrClN4O. The van der Waals surface area contributed by atoms with Gasteiger partial charge >= 0.3 is 0 Å². The number of hydrogen-bond acceptors (Lipinski definition) is 3. The topological polar surface area (TPSA) is 72.9 Å². The molecule has 0 aliphatic rings. The molecule has 2 rings (SSSR count). The predicted octanol–water partition coefficient (Wildman–Crippen LogP) is 3.30. The highest BCUT2D eigenvalue weighted by Crippen LogP contribution is 2.17. The minimum atomic E-state index is -0.352. The first-order valence-corrected chi connectivity index (χ1v) is 8.16. The fraction of sp³-hybridized carbons (Fsp3) is 0.375. The minimum Gasteiger partial charge on any atom is -0.345 e. The molecule has 7 heteroatoms. The molecule has 2 aromatic rings. The van der Waals surface area contributed by atoms with E-state index < -0.39 is 0 Å². The highest BCUT2D eigenvalue weighted by molar-refractivity contribution is 9.10. The van der Waals surface area contributed by atoms with Crippen LogP contribution in [0.2, 0.25) is 0 Å². The van der Waals surface area contributed by atoms with Gasteiger partial charge in [-0.1, -0.05) is 35.8 Å². The maximum atomic E-state index is 12.4. The van der Waals surface area contributed by atoms with Crippen LogP contribution in [-0.2, 0) is 0 Å². The number of benzene rings is 1. The Kier molecular flexibility index (Phi) is 7.25. The van der Waals surface area contributed by atoms with E-state index in [1.165, 1.54) is 0 Å². The van der Waals surface area contributed by atoms with E-state index in [1.807, 2.05) is 38.1 Å². The summed E-state index contributed by atoms with van der Waals surface area (Å²) in [4.78, 5) is 12.4. The molecule has 0 bridgehead atoms. The van der Waals surface area contributed by atoms with Gasteiger partial charge in [0.25, 0.3) is 5.91 Å². The Morgan fingerprint density at radius 1 is 1.39 bits per heavy atom. The van der Waals surface area contributed by atoms with E-state index >= 15 is 0 Å². The van der Waals surface area contributed by atoms with E-state index in [9.17, 15) is 4.79 Å². The lowest BCUT2D eigenvalue weighted by atomic mass is 9.92. The Morgan fingerprint density at radius 2 is 2.09 bits per heavy atom. The number of hydrogen-bond donors (Lipinski definition) is 2. The van der Waals surface area contributed by atoms with Crippen molar-refractivity contribution in [2.24, 2.45) is 5.73 Å². The molecule has 0 unspecified atom stereocenters. The zero-order chi connectivity index (χ0) is 16.2. The minimum absolute atomic E-state index is 0. The van der Waals surface area contributed by atoms with Gasteiger partial charge in [-0.15, -0.1) is 12.4 Å². The van der Waals surface area contributed by atoms with E-state index in [0.29, 0.717) is 12.1 Å². The molecule has 0 aliphatic carbocycles. The molecule has 0 saturated carbocycles. The molecule has 0 fully saturated rings.